The summed E-state index contributed by atoms with van der Waals surface area (Å²) in [5.74, 6) is -1.84. The first-order valence-electron chi connectivity index (χ1n) is 6.97. The van der Waals surface area contributed by atoms with E-state index in [2.05, 4.69) is 0 Å². The summed E-state index contributed by atoms with van der Waals surface area (Å²) in [5.41, 5.74) is -1.89. The van der Waals surface area contributed by atoms with Crippen LogP contribution in [0.2, 0.25) is 0 Å². The van der Waals surface area contributed by atoms with E-state index < -0.39 is 42.9 Å². The molecule has 4 heteroatoms. The monoisotopic (exact) mass is 218 g/mol. The average Bonchev–Trinajstić information content (AvgIpc) is 2.47. The van der Waals surface area contributed by atoms with Crippen molar-refractivity contribution in [2.24, 2.45) is 5.41 Å². The first-order valence-corrected chi connectivity index (χ1v) is 4.97. The van der Waals surface area contributed by atoms with Crippen LogP contribution in [-0.2, 0) is 19.1 Å². The molecule has 0 aliphatic heterocycles. The standard InChI is InChI=1S/C11H18O4/c1-3-14-9(12)11(7-5-6-8-11)10(13)15-4-2/h3-8H2,1-2H3/i5D2,6D2. The second-order valence-electron chi connectivity index (χ2n) is 3.23. The molecule has 86 valence electrons. The third-order valence-corrected chi connectivity index (χ3v) is 2.24. The molecule has 1 rings (SSSR count). The Balaban J connectivity index is 3.17. The second kappa shape index (κ2) is 5.14. The predicted octanol–water partition coefficient (Wildman–Crippen LogP) is 1.67. The molecule has 0 aromatic rings. The van der Waals surface area contributed by atoms with Gasteiger partial charge in [-0.2, -0.15) is 0 Å². The second-order valence-corrected chi connectivity index (χ2v) is 3.23. The maximum atomic E-state index is 12.0. The van der Waals surface area contributed by atoms with Crippen molar-refractivity contribution in [3.63, 3.8) is 0 Å². The van der Waals surface area contributed by atoms with Crippen LogP contribution in [-0.4, -0.2) is 25.2 Å². The first kappa shape index (κ1) is 7.25. The van der Waals surface area contributed by atoms with Gasteiger partial charge in [0.1, 0.15) is 0 Å². The minimum atomic E-state index is -2.29. The number of rotatable bonds is 4. The molecule has 0 aromatic heterocycles. The van der Waals surface area contributed by atoms with Crippen LogP contribution in [0.15, 0.2) is 0 Å². The average molecular weight is 218 g/mol. The minimum absolute atomic E-state index is 0.0337. The summed E-state index contributed by atoms with van der Waals surface area (Å²) < 4.78 is 40.3. The smallest absolute Gasteiger partial charge is 0.323 e. The summed E-state index contributed by atoms with van der Waals surface area (Å²) in [7, 11) is 0. The lowest BCUT2D eigenvalue weighted by Crippen LogP contribution is -2.39. The Morgan fingerprint density at radius 3 is 1.87 bits per heavy atom. The van der Waals surface area contributed by atoms with Crippen LogP contribution in [0.3, 0.4) is 0 Å². The van der Waals surface area contributed by atoms with Crippen molar-refractivity contribution in [2.75, 3.05) is 13.2 Å². The van der Waals surface area contributed by atoms with Crippen molar-refractivity contribution in [3.05, 3.63) is 0 Å². The molecular weight excluding hydrogens is 196 g/mol. The summed E-state index contributed by atoms with van der Waals surface area (Å²) in [6, 6.07) is 0. The highest BCUT2D eigenvalue weighted by Crippen LogP contribution is 2.40. The molecule has 15 heavy (non-hydrogen) atoms. The molecular formula is C11H18O4. The van der Waals surface area contributed by atoms with Gasteiger partial charge in [-0.15, -0.1) is 0 Å². The Labute approximate surface area is 95.6 Å². The molecule has 0 amide bonds. The van der Waals surface area contributed by atoms with Gasteiger partial charge in [-0.05, 0) is 26.7 Å². The van der Waals surface area contributed by atoms with E-state index in [0.29, 0.717) is 0 Å². The van der Waals surface area contributed by atoms with Crippen LogP contribution in [0.5, 0.6) is 0 Å². The van der Waals surface area contributed by atoms with Gasteiger partial charge in [-0.3, -0.25) is 9.59 Å². The Morgan fingerprint density at radius 2 is 1.53 bits per heavy atom. The van der Waals surface area contributed by atoms with Gasteiger partial charge >= 0.3 is 11.9 Å². The van der Waals surface area contributed by atoms with Crippen molar-refractivity contribution >= 4 is 11.9 Å². The largest absolute Gasteiger partial charge is 0.465 e. The Kier molecular flexibility index (Phi) is 2.49. The predicted molar refractivity (Wildman–Crippen MR) is 54.2 cm³/mol. The zero-order valence-electron chi connectivity index (χ0n) is 13.0. The van der Waals surface area contributed by atoms with E-state index in [-0.39, 0.29) is 13.2 Å². The van der Waals surface area contributed by atoms with Crippen molar-refractivity contribution in [1.29, 1.82) is 0 Å². The first-order chi connectivity index (χ1) is 8.63. The molecule has 1 fully saturated rings. The zero-order valence-corrected chi connectivity index (χ0v) is 8.96. The maximum Gasteiger partial charge on any atom is 0.323 e. The van der Waals surface area contributed by atoms with E-state index in [1.807, 2.05) is 0 Å². The van der Waals surface area contributed by atoms with Crippen LogP contribution in [0.25, 0.3) is 0 Å². The third-order valence-electron chi connectivity index (χ3n) is 2.24. The molecule has 0 atom stereocenters. The van der Waals surface area contributed by atoms with Gasteiger partial charge in [-0.1, -0.05) is 12.7 Å². The van der Waals surface area contributed by atoms with E-state index in [9.17, 15) is 9.59 Å². The molecule has 0 saturated heterocycles. The molecule has 0 N–H and O–H groups in total. The summed E-state index contributed by atoms with van der Waals surface area (Å²) in [6.07, 6.45) is -5.70. The van der Waals surface area contributed by atoms with Gasteiger partial charge in [0.2, 0.25) is 0 Å². The molecule has 0 heterocycles. The third kappa shape index (κ3) is 2.30. The van der Waals surface area contributed by atoms with Crippen LogP contribution >= 0.6 is 0 Å². The maximum absolute atomic E-state index is 12.0. The van der Waals surface area contributed by atoms with Gasteiger partial charge in [0, 0.05) is 5.48 Å². The van der Waals surface area contributed by atoms with Gasteiger partial charge < -0.3 is 9.47 Å². The molecule has 0 spiro atoms. The van der Waals surface area contributed by atoms with Crippen molar-refractivity contribution in [2.45, 2.75) is 39.4 Å². The van der Waals surface area contributed by atoms with E-state index >= 15 is 0 Å². The van der Waals surface area contributed by atoms with Crippen molar-refractivity contribution < 1.29 is 24.5 Å². The highest BCUT2D eigenvalue weighted by molar-refractivity contribution is 6.00. The lowest BCUT2D eigenvalue weighted by molar-refractivity contribution is -0.171. The Hall–Kier alpha value is -1.06. The lowest BCUT2D eigenvalue weighted by Gasteiger charge is -2.23. The number of carbonyl (C=O) groups is 2. The fourth-order valence-corrected chi connectivity index (χ4v) is 1.40. The van der Waals surface area contributed by atoms with Crippen LogP contribution in [0.1, 0.15) is 44.9 Å². The van der Waals surface area contributed by atoms with Crippen molar-refractivity contribution in [3.8, 4) is 0 Å². The number of hydrogen-bond donors (Lipinski definition) is 0. The number of esters is 2. The van der Waals surface area contributed by atoms with Gasteiger partial charge in [0.25, 0.3) is 0 Å². The Morgan fingerprint density at radius 1 is 1.13 bits per heavy atom. The normalized spacial score (nSPS) is 29.2. The summed E-state index contributed by atoms with van der Waals surface area (Å²) in [5, 5.41) is 0. The van der Waals surface area contributed by atoms with E-state index in [1.54, 1.807) is 13.8 Å². The molecule has 0 unspecified atom stereocenters. The quantitative estimate of drug-likeness (QED) is 0.532. The number of carbonyl (C=O) groups excluding carboxylic acids is 2. The summed E-state index contributed by atoms with van der Waals surface area (Å²) in [6.45, 7) is 3.20. The van der Waals surface area contributed by atoms with E-state index in [4.69, 9.17) is 15.0 Å². The zero-order chi connectivity index (χ0) is 14.9. The van der Waals surface area contributed by atoms with Crippen LogP contribution in [0.4, 0.5) is 0 Å². The topological polar surface area (TPSA) is 52.6 Å². The molecule has 0 radical (unpaired) electrons. The van der Waals surface area contributed by atoms with Crippen LogP contribution < -0.4 is 0 Å². The lowest BCUT2D eigenvalue weighted by atomic mass is 9.86. The van der Waals surface area contributed by atoms with Gasteiger partial charge in [-0.25, -0.2) is 0 Å². The van der Waals surface area contributed by atoms with E-state index in [1.165, 1.54) is 0 Å². The number of hydrogen-bond acceptors (Lipinski definition) is 4. The summed E-state index contributed by atoms with van der Waals surface area (Å²) >= 11 is 0. The highest BCUT2D eigenvalue weighted by atomic mass is 16.6. The highest BCUT2D eigenvalue weighted by Gasteiger charge is 2.50. The molecule has 4 nitrogen and oxygen atoms in total. The minimum Gasteiger partial charge on any atom is -0.465 e. The molecule has 0 bridgehead atoms. The fourth-order valence-electron chi connectivity index (χ4n) is 1.40. The molecule has 1 aliphatic carbocycles. The van der Waals surface area contributed by atoms with Gasteiger partial charge in [0.15, 0.2) is 5.41 Å². The number of ether oxygens (including phenoxy) is 2. The molecule has 0 aromatic carbocycles. The molecule has 1 aliphatic rings. The Bertz CT molecular complexity index is 345. The SMILES string of the molecule is [2H]C1([2H])CC(C(=O)OCC)(C(=O)OCC)CC1([2H])[2H]. The van der Waals surface area contributed by atoms with Gasteiger partial charge in [0.05, 0.1) is 13.2 Å². The fraction of sp³-hybridized carbons (Fsp3) is 0.818. The van der Waals surface area contributed by atoms with E-state index in [0.717, 1.165) is 0 Å². The van der Waals surface area contributed by atoms with Crippen LogP contribution in [0, 0.1) is 5.41 Å². The van der Waals surface area contributed by atoms with Crippen molar-refractivity contribution in [1.82, 2.24) is 0 Å². The summed E-state index contributed by atoms with van der Waals surface area (Å²) in [4.78, 5) is 24.0. The molecule has 1 saturated carbocycles.